The van der Waals surface area contributed by atoms with Crippen molar-refractivity contribution in [2.24, 2.45) is 0 Å². The molecule has 0 N–H and O–H groups in total. The quantitative estimate of drug-likeness (QED) is 0.452. The Morgan fingerprint density at radius 3 is 2.31 bits per heavy atom. The number of nitrogens with zero attached hydrogens (tertiary/aromatic N) is 1. The highest BCUT2D eigenvalue weighted by molar-refractivity contribution is 6.30. The third-order valence-electron chi connectivity index (χ3n) is 5.07. The summed E-state index contributed by atoms with van der Waals surface area (Å²) in [7, 11) is 0. The Bertz CT molecular complexity index is 1310. The van der Waals surface area contributed by atoms with Crippen LogP contribution in [0.25, 0.3) is 11.0 Å². The molecule has 0 radical (unpaired) electrons. The normalized spacial score (nSPS) is 15.7. The van der Waals surface area contributed by atoms with Crippen molar-refractivity contribution in [3.8, 4) is 0 Å². The van der Waals surface area contributed by atoms with Crippen LogP contribution >= 0.6 is 11.6 Å². The summed E-state index contributed by atoms with van der Waals surface area (Å²) in [5.41, 5.74) is 1.51. The van der Waals surface area contributed by atoms with Gasteiger partial charge in [0.05, 0.1) is 17.0 Å². The van der Waals surface area contributed by atoms with Crippen LogP contribution in [0, 0.1) is 5.82 Å². The van der Waals surface area contributed by atoms with Gasteiger partial charge in [-0.1, -0.05) is 35.9 Å². The van der Waals surface area contributed by atoms with E-state index in [0.717, 1.165) is 0 Å². The zero-order chi connectivity index (χ0) is 20.1. The van der Waals surface area contributed by atoms with Crippen LogP contribution in [0.5, 0.6) is 0 Å². The first-order valence-electron chi connectivity index (χ1n) is 8.95. The fourth-order valence-electron chi connectivity index (χ4n) is 3.75. The van der Waals surface area contributed by atoms with E-state index < -0.39 is 17.8 Å². The SMILES string of the molecule is O=C1c2oc3ccccc3c(=O)c2[C@H](c2ccc(Cl)cc2)N1c1ccc(F)cc1. The van der Waals surface area contributed by atoms with Crippen molar-refractivity contribution in [1.82, 2.24) is 0 Å². The topological polar surface area (TPSA) is 50.5 Å². The van der Waals surface area contributed by atoms with Gasteiger partial charge < -0.3 is 4.42 Å². The molecule has 1 aliphatic heterocycles. The molecule has 1 atom stereocenters. The third-order valence-corrected chi connectivity index (χ3v) is 5.32. The summed E-state index contributed by atoms with van der Waals surface area (Å²) in [5, 5.41) is 0.941. The highest BCUT2D eigenvalue weighted by atomic mass is 35.5. The lowest BCUT2D eigenvalue weighted by Gasteiger charge is -2.25. The molecule has 1 aliphatic rings. The van der Waals surface area contributed by atoms with Crippen LogP contribution in [-0.4, -0.2) is 5.91 Å². The van der Waals surface area contributed by atoms with E-state index in [1.165, 1.54) is 29.2 Å². The molecule has 0 saturated carbocycles. The minimum atomic E-state index is -0.707. The average Bonchev–Trinajstić information content (AvgIpc) is 3.02. The Labute approximate surface area is 169 Å². The fraction of sp³-hybridized carbons (Fsp3) is 0.0435. The largest absolute Gasteiger partial charge is 0.450 e. The van der Waals surface area contributed by atoms with E-state index in [4.69, 9.17) is 16.0 Å². The van der Waals surface area contributed by atoms with E-state index in [0.29, 0.717) is 27.2 Å². The molecule has 0 fully saturated rings. The molecule has 0 unspecified atom stereocenters. The molecule has 1 amide bonds. The highest BCUT2D eigenvalue weighted by Crippen LogP contribution is 2.41. The van der Waals surface area contributed by atoms with E-state index in [-0.39, 0.29) is 16.8 Å². The molecular weight excluding hydrogens is 393 g/mol. The molecule has 0 saturated heterocycles. The third kappa shape index (κ3) is 2.74. The molecule has 5 rings (SSSR count). The van der Waals surface area contributed by atoms with Gasteiger partial charge in [-0.05, 0) is 54.1 Å². The Balaban J connectivity index is 1.81. The van der Waals surface area contributed by atoms with Crippen LogP contribution in [0.15, 0.2) is 82.0 Å². The molecule has 4 aromatic rings. The molecule has 0 spiro atoms. The lowest BCUT2D eigenvalue weighted by atomic mass is 9.98. The first-order chi connectivity index (χ1) is 14.0. The molecule has 0 aliphatic carbocycles. The predicted molar refractivity (Wildman–Crippen MR) is 109 cm³/mol. The van der Waals surface area contributed by atoms with E-state index in [9.17, 15) is 14.0 Å². The molecule has 6 heteroatoms. The van der Waals surface area contributed by atoms with Gasteiger partial charge in [-0.15, -0.1) is 0 Å². The monoisotopic (exact) mass is 405 g/mol. The van der Waals surface area contributed by atoms with Gasteiger partial charge in [0.2, 0.25) is 5.76 Å². The van der Waals surface area contributed by atoms with Crippen molar-refractivity contribution < 1.29 is 13.6 Å². The second-order valence-corrected chi connectivity index (χ2v) is 7.21. The summed E-state index contributed by atoms with van der Waals surface area (Å²) in [5.74, 6) is -0.867. The molecule has 2 heterocycles. The number of halogens is 2. The van der Waals surface area contributed by atoms with Gasteiger partial charge >= 0.3 is 0 Å². The number of amides is 1. The van der Waals surface area contributed by atoms with Gasteiger partial charge in [-0.3, -0.25) is 14.5 Å². The standard InChI is InChI=1S/C23H13ClFNO3/c24-14-7-5-13(6-8-14)20-19-21(27)17-3-1-2-4-18(17)29-22(19)23(28)26(20)16-11-9-15(25)10-12-16/h1-12,20H/t20-/m0/s1. The van der Waals surface area contributed by atoms with Gasteiger partial charge in [-0.2, -0.15) is 0 Å². The van der Waals surface area contributed by atoms with Crippen LogP contribution in [0.4, 0.5) is 10.1 Å². The summed E-state index contributed by atoms with van der Waals surface area (Å²) in [4.78, 5) is 28.1. The van der Waals surface area contributed by atoms with Crippen molar-refractivity contribution in [1.29, 1.82) is 0 Å². The van der Waals surface area contributed by atoms with Crippen molar-refractivity contribution in [3.05, 3.63) is 111 Å². The van der Waals surface area contributed by atoms with Gasteiger partial charge in [0.1, 0.15) is 11.4 Å². The summed E-state index contributed by atoms with van der Waals surface area (Å²) in [6.45, 7) is 0. The number of benzene rings is 3. The Morgan fingerprint density at radius 1 is 0.897 bits per heavy atom. The van der Waals surface area contributed by atoms with Crippen LogP contribution in [0.2, 0.25) is 5.02 Å². The van der Waals surface area contributed by atoms with Crippen molar-refractivity contribution >= 4 is 34.2 Å². The van der Waals surface area contributed by atoms with Crippen molar-refractivity contribution in [3.63, 3.8) is 0 Å². The number of hydrogen-bond donors (Lipinski definition) is 0. The first-order valence-corrected chi connectivity index (χ1v) is 9.33. The Morgan fingerprint density at radius 2 is 1.59 bits per heavy atom. The van der Waals surface area contributed by atoms with Crippen LogP contribution in [0.3, 0.4) is 0 Å². The number of fused-ring (bicyclic) bond motifs is 2. The Hall–Kier alpha value is -3.44. The minimum absolute atomic E-state index is 0.00188. The van der Waals surface area contributed by atoms with Gasteiger partial charge in [0, 0.05) is 10.7 Å². The van der Waals surface area contributed by atoms with Gasteiger partial charge in [-0.25, -0.2) is 4.39 Å². The molecule has 1 aromatic heterocycles. The molecule has 142 valence electrons. The lowest BCUT2D eigenvalue weighted by Crippen LogP contribution is -2.29. The number of rotatable bonds is 2. The lowest BCUT2D eigenvalue weighted by molar-refractivity contribution is 0.0971. The summed E-state index contributed by atoms with van der Waals surface area (Å²) in [6.07, 6.45) is 0. The average molecular weight is 406 g/mol. The van der Waals surface area contributed by atoms with Crippen LogP contribution in [-0.2, 0) is 0 Å². The second-order valence-electron chi connectivity index (χ2n) is 6.78. The number of carbonyl (C=O) groups excluding carboxylic acids is 1. The number of anilines is 1. The highest BCUT2D eigenvalue weighted by Gasteiger charge is 2.43. The Kier molecular flexibility index (Phi) is 4.00. The molecule has 4 nitrogen and oxygen atoms in total. The smallest absolute Gasteiger partial charge is 0.295 e. The van der Waals surface area contributed by atoms with E-state index in [2.05, 4.69) is 0 Å². The number of para-hydroxylation sites is 1. The van der Waals surface area contributed by atoms with E-state index in [1.54, 1.807) is 48.5 Å². The number of hydrogen-bond acceptors (Lipinski definition) is 3. The van der Waals surface area contributed by atoms with Crippen molar-refractivity contribution in [2.45, 2.75) is 6.04 Å². The zero-order valence-corrected chi connectivity index (χ0v) is 15.7. The maximum atomic E-state index is 13.5. The molecule has 0 bridgehead atoms. The van der Waals surface area contributed by atoms with Crippen LogP contribution < -0.4 is 10.3 Å². The van der Waals surface area contributed by atoms with E-state index >= 15 is 0 Å². The van der Waals surface area contributed by atoms with Crippen molar-refractivity contribution in [2.75, 3.05) is 4.90 Å². The molecule has 29 heavy (non-hydrogen) atoms. The zero-order valence-electron chi connectivity index (χ0n) is 14.9. The fourth-order valence-corrected chi connectivity index (χ4v) is 3.87. The van der Waals surface area contributed by atoms with Gasteiger partial charge in [0.15, 0.2) is 5.43 Å². The molecular formula is C23H13ClFNO3. The first kappa shape index (κ1) is 17.6. The maximum Gasteiger partial charge on any atom is 0.295 e. The van der Waals surface area contributed by atoms with Crippen LogP contribution in [0.1, 0.15) is 27.7 Å². The summed E-state index contributed by atoms with van der Waals surface area (Å²) in [6, 6.07) is 18.6. The molecule has 3 aromatic carbocycles. The summed E-state index contributed by atoms with van der Waals surface area (Å²) >= 11 is 6.02. The van der Waals surface area contributed by atoms with Gasteiger partial charge in [0.25, 0.3) is 5.91 Å². The summed E-state index contributed by atoms with van der Waals surface area (Å²) < 4.78 is 19.3. The maximum absolute atomic E-state index is 13.5. The van der Waals surface area contributed by atoms with E-state index in [1.807, 2.05) is 0 Å². The second kappa shape index (κ2) is 6.57. The predicted octanol–water partition coefficient (Wildman–Crippen LogP) is 5.34. The number of carbonyl (C=O) groups is 1. The minimum Gasteiger partial charge on any atom is -0.450 e.